The van der Waals surface area contributed by atoms with Crippen LogP contribution in [0.1, 0.15) is 91.9 Å². The van der Waals surface area contributed by atoms with Gasteiger partial charge in [-0.25, -0.2) is 22.8 Å². The van der Waals surface area contributed by atoms with Crippen LogP contribution < -0.4 is 72.5 Å². The lowest BCUT2D eigenvalue weighted by Gasteiger charge is -2.00. The molecule has 0 bridgehead atoms. The number of hydrogen-bond donors (Lipinski definition) is 0. The molecule has 0 aliphatic rings. The van der Waals surface area contributed by atoms with Crippen molar-refractivity contribution in [2.24, 2.45) is 7.05 Å². The first-order valence-corrected chi connectivity index (χ1v) is 18.8. The van der Waals surface area contributed by atoms with Gasteiger partial charge in [-0.1, -0.05) is 83.1 Å². The lowest BCUT2D eigenvalue weighted by molar-refractivity contribution is -0.697. The van der Waals surface area contributed by atoms with E-state index in [1.54, 1.807) is 12.4 Å². The summed E-state index contributed by atoms with van der Waals surface area (Å²) in [5.74, 6) is 0. The normalized spacial score (nSPS) is 8.38. The number of halogens is 6. The quantitative estimate of drug-likeness (QED) is 0.0720. The maximum atomic E-state index is 3.78. The Bertz CT molecular complexity index is 1290. The zero-order chi connectivity index (χ0) is 36.8. The molecule has 320 valence electrons. The van der Waals surface area contributed by atoms with Crippen molar-refractivity contribution >= 4 is 24.8 Å². The Kier molecular flexibility index (Phi) is 66.4. The Morgan fingerprint density at radius 1 is 0.482 bits per heavy atom. The Balaban J connectivity index is -0.000000107. The number of aromatic nitrogens is 6. The summed E-state index contributed by atoms with van der Waals surface area (Å²) in [7, 11) is 2.07. The minimum absolute atomic E-state index is 0. The fourth-order valence-electron chi connectivity index (χ4n) is 4.59. The van der Waals surface area contributed by atoms with Gasteiger partial charge in [0.2, 0.25) is 6.33 Å². The van der Waals surface area contributed by atoms with Gasteiger partial charge in [-0.2, -0.15) is 0 Å². The molecule has 5 aromatic rings. The summed E-state index contributed by atoms with van der Waals surface area (Å²) < 4.78 is 10.8. The lowest BCUT2D eigenvalue weighted by atomic mass is 10.1. The van der Waals surface area contributed by atoms with Gasteiger partial charge in [-0.3, -0.25) is 4.98 Å². The minimum Gasteiger partial charge on any atom is -1.00 e. The van der Waals surface area contributed by atoms with E-state index in [0.717, 1.165) is 19.6 Å². The van der Waals surface area contributed by atoms with Gasteiger partial charge >= 0.3 is 0 Å². The smallest absolute Gasteiger partial charge is 0.243 e. The third-order valence-corrected chi connectivity index (χ3v) is 7.49. The van der Waals surface area contributed by atoms with Crippen molar-refractivity contribution in [2.75, 3.05) is 0 Å². The third-order valence-electron chi connectivity index (χ3n) is 7.49. The van der Waals surface area contributed by atoms with E-state index in [4.69, 9.17) is 0 Å². The van der Waals surface area contributed by atoms with Crippen LogP contribution in [0.2, 0.25) is 0 Å². The summed E-state index contributed by atoms with van der Waals surface area (Å²) in [6.45, 7) is 19.2. The van der Waals surface area contributed by atoms with Crippen LogP contribution in [0, 0.1) is 0 Å². The Hall–Kier alpha value is -2.52. The summed E-state index contributed by atoms with van der Waals surface area (Å²) in [5, 5.41) is 0. The number of rotatable bonds is 14. The molecule has 0 radical (unpaired) electrons. The zero-order valence-corrected chi connectivity index (χ0v) is 40.1. The molecule has 5 aromatic heterocycles. The highest BCUT2D eigenvalue weighted by atomic mass is 79.9. The molecule has 0 saturated heterocycles. The van der Waals surface area contributed by atoms with E-state index in [-0.39, 0.29) is 79.0 Å². The van der Waals surface area contributed by atoms with Crippen molar-refractivity contribution < 1.29 is 72.5 Å². The molecule has 0 aromatic carbocycles. The lowest BCUT2D eigenvalue weighted by Crippen LogP contribution is -3.00. The van der Waals surface area contributed by atoms with E-state index in [2.05, 4.69) is 144 Å². The van der Waals surface area contributed by atoms with E-state index >= 15 is 0 Å². The number of pyridine rings is 4. The summed E-state index contributed by atoms with van der Waals surface area (Å²) in [4.78, 5) is 3.78. The van der Waals surface area contributed by atoms with E-state index in [1.165, 1.54) is 70.8 Å². The standard InChI is InChI=1S/C14H27N2.C9H14N.2C7H10N.C5H5N.C2H4.BrH.5ClH/c1-3-4-5-6-7-8-9-10-11-16-13-12-15(2)14-16;1-2-3-7-10-8-5-4-6-9-10;2*1-2-8-6-4-3-5-7-8;1-2-4-6-5-3-1;1-2;;;;;;/h12-14H,3-11H2,1-2H3;4-6,8-9H,2-3,7H2,1H3;2*3-7H,2H2,1H3;1-5H;1-2H2;6*1H/q4*+1;;;;;;;;/p-4. The molecule has 6 nitrogen and oxygen atoms in total. The van der Waals surface area contributed by atoms with E-state index in [0.29, 0.717) is 0 Å². The fourth-order valence-corrected chi connectivity index (χ4v) is 4.59. The number of nitrogens with zero attached hydrogens (tertiary/aromatic N) is 6. The van der Waals surface area contributed by atoms with E-state index < -0.39 is 0 Å². The van der Waals surface area contributed by atoms with Gasteiger partial charge in [0.15, 0.2) is 37.2 Å². The van der Waals surface area contributed by atoms with Gasteiger partial charge in [0.1, 0.15) is 32.0 Å². The number of hydrogen-bond acceptors (Lipinski definition) is 1. The average molecular weight is 942 g/mol. The molecule has 0 aliphatic heterocycles. The van der Waals surface area contributed by atoms with Gasteiger partial charge in [0, 0.05) is 55.2 Å². The van der Waals surface area contributed by atoms with Crippen LogP contribution in [-0.2, 0) is 33.2 Å². The summed E-state index contributed by atoms with van der Waals surface area (Å²) in [6, 6.07) is 24.1. The molecule has 0 saturated carbocycles. The Labute approximate surface area is 383 Å². The Morgan fingerprint density at radius 3 is 1.16 bits per heavy atom. The molecule has 0 unspecified atom stereocenters. The zero-order valence-electron chi connectivity index (χ0n) is 34.6. The minimum atomic E-state index is 0. The molecule has 0 N–H and O–H groups in total. The monoisotopic (exact) mass is 938 g/mol. The molecule has 0 fully saturated rings. The van der Waals surface area contributed by atoms with Crippen LogP contribution in [0.25, 0.3) is 0 Å². The SMILES string of the molecule is C=C.CCCCCCCCCCn1cc[n+](C)c1.CCCC[n+]1ccccc1.CC[n+]1ccccc1.CC[n+]1ccccc1.Cl.Cl.[Br-].[Cl-].[Cl-].[Cl-].c1ccncc1. The second-order valence-electron chi connectivity index (χ2n) is 11.7. The largest absolute Gasteiger partial charge is 1.00 e. The van der Waals surface area contributed by atoms with Gasteiger partial charge in [0.25, 0.3) is 0 Å². The molecular weight excluding hydrogens is 870 g/mol. The molecule has 0 amide bonds. The van der Waals surface area contributed by atoms with Crippen LogP contribution in [0.4, 0.5) is 0 Å². The number of aryl methyl sites for hydroxylation is 5. The molecule has 0 atom stereocenters. The predicted molar refractivity (Wildman–Crippen MR) is 224 cm³/mol. The molecule has 0 spiro atoms. The number of imidazole rings is 1. The van der Waals surface area contributed by atoms with E-state index in [9.17, 15) is 0 Å². The first kappa shape index (κ1) is 68.2. The molecular formula is C44H72BrCl5N6. The number of unbranched alkanes of at least 4 members (excludes halogenated alkanes) is 8. The molecule has 5 rings (SSSR count). The van der Waals surface area contributed by atoms with Crippen molar-refractivity contribution in [1.82, 2.24) is 9.55 Å². The van der Waals surface area contributed by atoms with Crippen LogP contribution in [0.15, 0.2) is 154 Å². The molecule has 0 aliphatic carbocycles. The highest BCUT2D eigenvalue weighted by Crippen LogP contribution is 2.08. The fraction of sp³-hybridized carbons (Fsp3) is 0.432. The van der Waals surface area contributed by atoms with Gasteiger partial charge in [-0.15, -0.1) is 38.0 Å². The highest BCUT2D eigenvalue weighted by molar-refractivity contribution is 5.85. The maximum absolute atomic E-state index is 3.78. The highest BCUT2D eigenvalue weighted by Gasteiger charge is 1.99. The summed E-state index contributed by atoms with van der Waals surface area (Å²) in [6.07, 6.45) is 36.1. The van der Waals surface area contributed by atoms with Gasteiger partial charge in [0.05, 0.1) is 13.6 Å². The van der Waals surface area contributed by atoms with Crippen LogP contribution in [-0.4, -0.2) is 9.55 Å². The van der Waals surface area contributed by atoms with Crippen molar-refractivity contribution in [3.8, 4) is 0 Å². The van der Waals surface area contributed by atoms with Crippen molar-refractivity contribution in [1.29, 1.82) is 0 Å². The first-order valence-electron chi connectivity index (χ1n) is 18.8. The van der Waals surface area contributed by atoms with Gasteiger partial charge < -0.3 is 54.2 Å². The van der Waals surface area contributed by atoms with Crippen LogP contribution in [0.3, 0.4) is 0 Å². The maximum Gasteiger partial charge on any atom is 0.243 e. The molecule has 12 heteroatoms. The first-order chi connectivity index (χ1) is 24.6. The molecule has 5 heterocycles. The average Bonchev–Trinajstić information content (AvgIpc) is 3.63. The van der Waals surface area contributed by atoms with Crippen molar-refractivity contribution in [2.45, 2.75) is 118 Å². The predicted octanol–water partition coefficient (Wildman–Crippen LogP) is -2.04. The summed E-state index contributed by atoms with van der Waals surface area (Å²) >= 11 is 0. The van der Waals surface area contributed by atoms with Crippen LogP contribution in [0.5, 0.6) is 0 Å². The van der Waals surface area contributed by atoms with Crippen molar-refractivity contribution in [3.63, 3.8) is 0 Å². The molecule has 56 heavy (non-hydrogen) atoms. The van der Waals surface area contributed by atoms with E-state index in [1.807, 2.05) is 60.7 Å². The second kappa shape index (κ2) is 54.6. The second-order valence-corrected chi connectivity index (χ2v) is 11.7. The topological polar surface area (TPSA) is 33.3 Å². The third kappa shape index (κ3) is 44.2. The summed E-state index contributed by atoms with van der Waals surface area (Å²) in [5.41, 5.74) is 0. The van der Waals surface area contributed by atoms with Crippen molar-refractivity contribution in [3.05, 3.63) is 154 Å². The Morgan fingerprint density at radius 2 is 0.857 bits per heavy atom. The van der Waals surface area contributed by atoms with Gasteiger partial charge in [-0.05, 0) is 38.8 Å². The van der Waals surface area contributed by atoms with Crippen LogP contribution >= 0.6 is 24.8 Å².